The molecule has 0 heterocycles. The maximum Gasteiger partial charge on any atom is 0.310 e. The van der Waals surface area contributed by atoms with Gasteiger partial charge in [-0.1, -0.05) is 33.6 Å². The molecular formula is C10H9Br2ClO2. The number of hydrogen-bond donors (Lipinski definition) is 0. The molecule has 15 heavy (non-hydrogen) atoms. The molecule has 0 fully saturated rings. The smallest absolute Gasteiger partial charge is 0.310 e. The number of carbonyl (C=O) groups is 1. The Kier molecular flexibility index (Phi) is 5.09. The van der Waals surface area contributed by atoms with Gasteiger partial charge in [-0.3, -0.25) is 4.79 Å². The quantitative estimate of drug-likeness (QED) is 0.610. The summed E-state index contributed by atoms with van der Waals surface area (Å²) in [6, 6.07) is 3.77. The molecular weight excluding hydrogens is 347 g/mol. The maximum absolute atomic E-state index is 11.1. The van der Waals surface area contributed by atoms with Gasteiger partial charge in [-0.05, 0) is 33.1 Å². The van der Waals surface area contributed by atoms with Crippen LogP contribution in [-0.4, -0.2) is 13.1 Å². The summed E-state index contributed by atoms with van der Waals surface area (Å²) in [6.07, 6.45) is 0.220. The number of hydrogen-bond acceptors (Lipinski definition) is 2. The molecule has 0 atom stereocenters. The molecule has 1 rings (SSSR count). The molecule has 0 aliphatic rings. The molecule has 0 saturated carbocycles. The first-order chi connectivity index (χ1) is 7.08. The van der Waals surface area contributed by atoms with E-state index in [4.69, 9.17) is 11.6 Å². The van der Waals surface area contributed by atoms with Gasteiger partial charge in [0.15, 0.2) is 0 Å². The van der Waals surface area contributed by atoms with Gasteiger partial charge >= 0.3 is 5.97 Å². The topological polar surface area (TPSA) is 26.3 Å². The third kappa shape index (κ3) is 3.47. The number of carbonyl (C=O) groups excluding carboxylic acids is 1. The first-order valence-electron chi connectivity index (χ1n) is 4.18. The van der Waals surface area contributed by atoms with Crippen molar-refractivity contribution in [2.24, 2.45) is 0 Å². The summed E-state index contributed by atoms with van der Waals surface area (Å²) in [6.45, 7) is 0. The molecule has 0 unspecified atom stereocenters. The van der Waals surface area contributed by atoms with E-state index in [2.05, 4.69) is 36.6 Å². The van der Waals surface area contributed by atoms with Gasteiger partial charge in [-0.25, -0.2) is 0 Å². The SMILES string of the molecule is COC(=O)Cc1cc(CBr)cc(Cl)c1Br. The number of halogens is 3. The molecule has 0 aliphatic heterocycles. The van der Waals surface area contributed by atoms with Crippen molar-refractivity contribution in [2.45, 2.75) is 11.8 Å². The van der Waals surface area contributed by atoms with Crippen molar-refractivity contribution >= 4 is 49.4 Å². The van der Waals surface area contributed by atoms with Crippen molar-refractivity contribution in [3.63, 3.8) is 0 Å². The Morgan fingerprint density at radius 1 is 1.53 bits per heavy atom. The fourth-order valence-corrected chi connectivity index (χ4v) is 2.10. The van der Waals surface area contributed by atoms with Gasteiger partial charge in [0.1, 0.15) is 0 Å². The Bertz CT molecular complexity index is 380. The fraction of sp³-hybridized carbons (Fsp3) is 0.300. The van der Waals surface area contributed by atoms with Crippen LogP contribution in [0.4, 0.5) is 0 Å². The van der Waals surface area contributed by atoms with E-state index in [1.54, 1.807) is 0 Å². The molecule has 0 aromatic heterocycles. The minimum atomic E-state index is -0.279. The first kappa shape index (κ1) is 13.0. The summed E-state index contributed by atoms with van der Waals surface area (Å²) in [4.78, 5) is 11.1. The third-order valence-corrected chi connectivity index (χ3v) is 3.99. The summed E-state index contributed by atoms with van der Waals surface area (Å²) in [5, 5.41) is 1.31. The standard InChI is InChI=1S/C10H9Br2ClO2/c1-15-9(14)4-7-2-6(5-11)3-8(13)10(7)12/h2-3H,4-5H2,1H3. The molecule has 82 valence electrons. The van der Waals surface area contributed by atoms with Crippen LogP contribution >= 0.6 is 43.5 Å². The minimum absolute atomic E-state index is 0.220. The molecule has 5 heteroatoms. The molecule has 0 aliphatic carbocycles. The summed E-state index contributed by atoms with van der Waals surface area (Å²) < 4.78 is 5.36. The van der Waals surface area contributed by atoms with Crippen LogP contribution in [-0.2, 0) is 21.3 Å². The zero-order chi connectivity index (χ0) is 11.4. The van der Waals surface area contributed by atoms with Crippen LogP contribution in [0.25, 0.3) is 0 Å². The second-order valence-corrected chi connectivity index (χ2v) is 4.70. The van der Waals surface area contributed by atoms with E-state index in [-0.39, 0.29) is 12.4 Å². The van der Waals surface area contributed by atoms with E-state index in [1.807, 2.05) is 12.1 Å². The van der Waals surface area contributed by atoms with Crippen LogP contribution in [0.3, 0.4) is 0 Å². The van der Waals surface area contributed by atoms with Crippen LogP contribution in [0.5, 0.6) is 0 Å². The largest absolute Gasteiger partial charge is 0.469 e. The van der Waals surface area contributed by atoms with Crippen molar-refractivity contribution in [3.05, 3.63) is 32.8 Å². The highest BCUT2D eigenvalue weighted by atomic mass is 79.9. The van der Waals surface area contributed by atoms with Crippen molar-refractivity contribution in [2.75, 3.05) is 7.11 Å². The number of esters is 1. The Labute approximate surface area is 110 Å². The second kappa shape index (κ2) is 5.87. The number of benzene rings is 1. The predicted octanol–water partition coefficient (Wildman–Crippen LogP) is 3.71. The highest BCUT2D eigenvalue weighted by molar-refractivity contribution is 9.10. The number of methoxy groups -OCH3 is 1. The first-order valence-corrected chi connectivity index (χ1v) is 6.47. The average Bonchev–Trinajstić information content (AvgIpc) is 2.24. The van der Waals surface area contributed by atoms with Crippen LogP contribution in [0.1, 0.15) is 11.1 Å². The zero-order valence-electron chi connectivity index (χ0n) is 8.02. The van der Waals surface area contributed by atoms with Crippen LogP contribution in [0, 0.1) is 0 Å². The van der Waals surface area contributed by atoms with Crippen molar-refractivity contribution in [1.29, 1.82) is 0 Å². The van der Waals surface area contributed by atoms with Gasteiger partial charge in [-0.2, -0.15) is 0 Å². The normalized spacial score (nSPS) is 10.1. The Morgan fingerprint density at radius 2 is 2.20 bits per heavy atom. The van der Waals surface area contributed by atoms with Gasteiger partial charge in [0.25, 0.3) is 0 Å². The van der Waals surface area contributed by atoms with Crippen molar-refractivity contribution in [1.82, 2.24) is 0 Å². The van der Waals surface area contributed by atoms with E-state index in [0.29, 0.717) is 10.4 Å². The molecule has 0 radical (unpaired) electrons. The highest BCUT2D eigenvalue weighted by Crippen LogP contribution is 2.29. The number of alkyl halides is 1. The van der Waals surface area contributed by atoms with Crippen LogP contribution in [0.15, 0.2) is 16.6 Å². The van der Waals surface area contributed by atoms with Gasteiger partial charge in [0, 0.05) is 9.80 Å². The van der Waals surface area contributed by atoms with E-state index < -0.39 is 0 Å². The van der Waals surface area contributed by atoms with Gasteiger partial charge in [-0.15, -0.1) is 0 Å². The maximum atomic E-state index is 11.1. The summed E-state index contributed by atoms with van der Waals surface area (Å²) in [5.74, 6) is -0.279. The number of ether oxygens (including phenoxy) is 1. The second-order valence-electron chi connectivity index (χ2n) is 2.94. The van der Waals surface area contributed by atoms with Crippen molar-refractivity contribution in [3.8, 4) is 0 Å². The lowest BCUT2D eigenvalue weighted by Crippen LogP contribution is -2.05. The molecule has 2 nitrogen and oxygen atoms in total. The number of rotatable bonds is 3. The monoisotopic (exact) mass is 354 g/mol. The lowest BCUT2D eigenvalue weighted by molar-refractivity contribution is -0.139. The van der Waals surface area contributed by atoms with Crippen LogP contribution < -0.4 is 0 Å². The summed E-state index contributed by atoms with van der Waals surface area (Å²) in [7, 11) is 1.37. The Hall–Kier alpha value is -0.0600. The summed E-state index contributed by atoms with van der Waals surface area (Å²) >= 11 is 12.7. The predicted molar refractivity (Wildman–Crippen MR) is 67.5 cm³/mol. The highest BCUT2D eigenvalue weighted by Gasteiger charge is 2.11. The van der Waals surface area contributed by atoms with E-state index in [1.165, 1.54) is 7.11 Å². The molecule has 0 saturated heterocycles. The summed E-state index contributed by atoms with van der Waals surface area (Å²) in [5.41, 5.74) is 1.87. The lowest BCUT2D eigenvalue weighted by Gasteiger charge is -2.07. The average molecular weight is 356 g/mol. The molecule has 0 spiro atoms. The Morgan fingerprint density at radius 3 is 2.73 bits per heavy atom. The molecule has 1 aromatic rings. The van der Waals surface area contributed by atoms with Gasteiger partial charge in [0.05, 0.1) is 18.6 Å². The zero-order valence-corrected chi connectivity index (χ0v) is 11.9. The molecule has 0 bridgehead atoms. The van der Waals surface area contributed by atoms with E-state index in [0.717, 1.165) is 15.6 Å². The minimum Gasteiger partial charge on any atom is -0.469 e. The van der Waals surface area contributed by atoms with Gasteiger partial charge in [0.2, 0.25) is 0 Å². The van der Waals surface area contributed by atoms with Crippen molar-refractivity contribution < 1.29 is 9.53 Å². The van der Waals surface area contributed by atoms with E-state index in [9.17, 15) is 4.79 Å². The molecule has 1 aromatic carbocycles. The third-order valence-electron chi connectivity index (χ3n) is 1.88. The van der Waals surface area contributed by atoms with Gasteiger partial charge < -0.3 is 4.74 Å². The van der Waals surface area contributed by atoms with Crippen LogP contribution in [0.2, 0.25) is 5.02 Å². The Balaban J connectivity index is 3.05. The molecule has 0 amide bonds. The lowest BCUT2D eigenvalue weighted by atomic mass is 10.1. The van der Waals surface area contributed by atoms with E-state index >= 15 is 0 Å². The molecule has 0 N–H and O–H groups in total. The fourth-order valence-electron chi connectivity index (χ4n) is 1.14.